The van der Waals surface area contributed by atoms with Gasteiger partial charge < -0.3 is 20.0 Å². The Bertz CT molecular complexity index is 679. The molecule has 7 heteroatoms. The van der Waals surface area contributed by atoms with E-state index in [9.17, 15) is 14.4 Å². The third kappa shape index (κ3) is 3.81. The molecular formula is C19H26N4O3. The van der Waals surface area contributed by atoms with Crippen molar-refractivity contribution in [3.63, 3.8) is 0 Å². The Kier molecular flexibility index (Phi) is 5.44. The standard InChI is InChI=1S/C19H26N4O3/c1-14-18(25)21(2)11-16-12-22(19(26)23(14)16)13-17(24)20-10-6-9-15-7-4-3-5-8-15/h3-5,7-8,14,16H,6,9-13H2,1-2H3,(H,20,24)/t14-,16+/m0/s1. The van der Waals surface area contributed by atoms with Crippen molar-refractivity contribution in [2.75, 3.05) is 33.2 Å². The van der Waals surface area contributed by atoms with Gasteiger partial charge in [0.05, 0.1) is 6.04 Å². The highest BCUT2D eigenvalue weighted by Crippen LogP contribution is 2.24. The lowest BCUT2D eigenvalue weighted by Gasteiger charge is -2.38. The number of carbonyl (C=O) groups excluding carboxylic acids is 3. The second-order valence-electron chi connectivity index (χ2n) is 7.06. The molecule has 140 valence electrons. The van der Waals surface area contributed by atoms with Gasteiger partial charge in [0.1, 0.15) is 12.6 Å². The van der Waals surface area contributed by atoms with Gasteiger partial charge >= 0.3 is 6.03 Å². The maximum Gasteiger partial charge on any atom is 0.321 e. The van der Waals surface area contributed by atoms with Gasteiger partial charge in [-0.05, 0) is 25.3 Å². The van der Waals surface area contributed by atoms with Crippen LogP contribution in [0.1, 0.15) is 18.9 Å². The zero-order chi connectivity index (χ0) is 18.7. The number of piperazine rings is 1. The molecule has 0 bridgehead atoms. The van der Waals surface area contributed by atoms with E-state index < -0.39 is 6.04 Å². The van der Waals surface area contributed by atoms with Crippen molar-refractivity contribution in [3.05, 3.63) is 35.9 Å². The maximum atomic E-state index is 12.6. The summed E-state index contributed by atoms with van der Waals surface area (Å²) in [6.07, 6.45) is 1.76. The second kappa shape index (κ2) is 7.76. The number of benzene rings is 1. The summed E-state index contributed by atoms with van der Waals surface area (Å²) in [6.45, 7) is 3.38. The quantitative estimate of drug-likeness (QED) is 0.761. The highest BCUT2D eigenvalue weighted by Gasteiger charge is 2.47. The molecule has 0 spiro atoms. The van der Waals surface area contributed by atoms with Gasteiger partial charge in [0.2, 0.25) is 11.8 Å². The summed E-state index contributed by atoms with van der Waals surface area (Å²) >= 11 is 0. The van der Waals surface area contributed by atoms with Crippen molar-refractivity contribution in [1.82, 2.24) is 20.0 Å². The number of hydrogen-bond acceptors (Lipinski definition) is 3. The third-order valence-electron chi connectivity index (χ3n) is 5.09. The number of nitrogens with one attached hydrogen (secondary N) is 1. The lowest BCUT2D eigenvalue weighted by Crippen LogP contribution is -2.58. The molecule has 0 unspecified atom stereocenters. The first-order valence-corrected chi connectivity index (χ1v) is 9.10. The highest BCUT2D eigenvalue weighted by molar-refractivity contribution is 5.91. The number of urea groups is 1. The predicted octanol–water partition coefficient (Wildman–Crippen LogP) is 0.702. The number of rotatable bonds is 6. The molecule has 2 heterocycles. The van der Waals surface area contributed by atoms with E-state index in [-0.39, 0.29) is 30.4 Å². The Labute approximate surface area is 153 Å². The van der Waals surface area contributed by atoms with E-state index in [2.05, 4.69) is 17.4 Å². The molecule has 2 saturated heterocycles. The van der Waals surface area contributed by atoms with Crippen molar-refractivity contribution < 1.29 is 14.4 Å². The van der Waals surface area contributed by atoms with Gasteiger partial charge in [-0.3, -0.25) is 9.59 Å². The molecule has 7 nitrogen and oxygen atoms in total. The van der Waals surface area contributed by atoms with Gasteiger partial charge in [0, 0.05) is 26.7 Å². The minimum atomic E-state index is -0.467. The van der Waals surface area contributed by atoms with Crippen LogP contribution in [0.25, 0.3) is 0 Å². The average Bonchev–Trinajstić information content (AvgIpc) is 2.93. The lowest BCUT2D eigenvalue weighted by molar-refractivity contribution is -0.139. The van der Waals surface area contributed by atoms with E-state index in [1.54, 1.807) is 28.7 Å². The van der Waals surface area contributed by atoms with Crippen LogP contribution in [0.15, 0.2) is 30.3 Å². The van der Waals surface area contributed by atoms with Gasteiger partial charge in [-0.25, -0.2) is 4.79 Å². The molecule has 2 fully saturated rings. The maximum absolute atomic E-state index is 12.6. The molecule has 0 aliphatic carbocycles. The van der Waals surface area contributed by atoms with Crippen LogP contribution in [0.3, 0.4) is 0 Å². The highest BCUT2D eigenvalue weighted by atomic mass is 16.2. The van der Waals surface area contributed by atoms with Crippen molar-refractivity contribution in [2.45, 2.75) is 31.8 Å². The molecule has 1 aromatic carbocycles. The van der Waals surface area contributed by atoms with Gasteiger partial charge in [-0.1, -0.05) is 30.3 Å². The smallest absolute Gasteiger partial charge is 0.321 e. The summed E-state index contributed by atoms with van der Waals surface area (Å²) in [7, 11) is 1.75. The summed E-state index contributed by atoms with van der Waals surface area (Å²) in [4.78, 5) is 41.6. The molecule has 3 rings (SSSR count). The van der Waals surface area contributed by atoms with Gasteiger partial charge in [-0.15, -0.1) is 0 Å². The second-order valence-corrected chi connectivity index (χ2v) is 7.06. The van der Waals surface area contributed by atoms with E-state index in [1.165, 1.54) is 5.56 Å². The normalized spacial score (nSPS) is 22.6. The Morgan fingerprint density at radius 1 is 1.19 bits per heavy atom. The van der Waals surface area contributed by atoms with Crippen LogP contribution >= 0.6 is 0 Å². The fourth-order valence-corrected chi connectivity index (χ4v) is 3.74. The first-order valence-electron chi connectivity index (χ1n) is 9.10. The molecule has 26 heavy (non-hydrogen) atoms. The van der Waals surface area contributed by atoms with Crippen LogP contribution < -0.4 is 5.32 Å². The Hall–Kier alpha value is -2.57. The Balaban J connectivity index is 1.45. The van der Waals surface area contributed by atoms with E-state index in [0.717, 1.165) is 12.8 Å². The van der Waals surface area contributed by atoms with Crippen molar-refractivity contribution >= 4 is 17.8 Å². The van der Waals surface area contributed by atoms with Crippen LogP contribution in [0.2, 0.25) is 0 Å². The van der Waals surface area contributed by atoms with Crippen molar-refractivity contribution in [2.24, 2.45) is 0 Å². The van der Waals surface area contributed by atoms with Crippen LogP contribution in [0, 0.1) is 0 Å². The van der Waals surface area contributed by atoms with E-state index in [0.29, 0.717) is 19.6 Å². The Morgan fingerprint density at radius 3 is 2.65 bits per heavy atom. The number of nitrogens with zero attached hydrogens (tertiary/aromatic N) is 3. The number of amides is 4. The zero-order valence-corrected chi connectivity index (χ0v) is 15.4. The summed E-state index contributed by atoms with van der Waals surface area (Å²) in [5.74, 6) is -0.208. The molecule has 0 radical (unpaired) electrons. The fourth-order valence-electron chi connectivity index (χ4n) is 3.74. The molecule has 2 atom stereocenters. The van der Waals surface area contributed by atoms with Crippen LogP contribution in [0.5, 0.6) is 0 Å². The summed E-state index contributed by atoms with van der Waals surface area (Å²) in [6, 6.07) is 9.41. The minimum Gasteiger partial charge on any atom is -0.355 e. The number of hydrogen-bond donors (Lipinski definition) is 1. The van der Waals surface area contributed by atoms with Crippen LogP contribution in [0.4, 0.5) is 4.79 Å². The van der Waals surface area contributed by atoms with E-state index in [1.807, 2.05) is 18.2 Å². The molecule has 1 N–H and O–H groups in total. The number of carbonyl (C=O) groups is 3. The number of aryl methyl sites for hydroxylation is 1. The summed E-state index contributed by atoms with van der Waals surface area (Å²) in [5.41, 5.74) is 1.25. The summed E-state index contributed by atoms with van der Waals surface area (Å²) in [5, 5.41) is 2.88. The predicted molar refractivity (Wildman–Crippen MR) is 97.5 cm³/mol. The average molecular weight is 358 g/mol. The molecule has 2 aliphatic heterocycles. The molecule has 2 aliphatic rings. The van der Waals surface area contributed by atoms with Gasteiger partial charge in [0.15, 0.2) is 0 Å². The molecule has 1 aromatic rings. The van der Waals surface area contributed by atoms with E-state index in [4.69, 9.17) is 0 Å². The largest absolute Gasteiger partial charge is 0.355 e. The monoisotopic (exact) mass is 358 g/mol. The van der Waals surface area contributed by atoms with Crippen LogP contribution in [-0.2, 0) is 16.0 Å². The third-order valence-corrected chi connectivity index (χ3v) is 5.09. The fraction of sp³-hybridized carbons (Fsp3) is 0.526. The number of fused-ring (bicyclic) bond motifs is 1. The van der Waals surface area contributed by atoms with E-state index >= 15 is 0 Å². The minimum absolute atomic E-state index is 0.0360. The Morgan fingerprint density at radius 2 is 1.92 bits per heavy atom. The zero-order valence-electron chi connectivity index (χ0n) is 15.4. The number of likely N-dealkylation sites (N-methyl/N-ethyl adjacent to an activating group) is 1. The van der Waals surface area contributed by atoms with Crippen molar-refractivity contribution in [3.8, 4) is 0 Å². The molecule has 0 aromatic heterocycles. The molecule has 0 saturated carbocycles. The molecule has 4 amide bonds. The van der Waals surface area contributed by atoms with Gasteiger partial charge in [-0.2, -0.15) is 0 Å². The van der Waals surface area contributed by atoms with Gasteiger partial charge in [0.25, 0.3) is 0 Å². The molecular weight excluding hydrogens is 332 g/mol. The SMILES string of the molecule is C[C@H]1C(=O)N(C)C[C@@H]2CN(CC(=O)NCCCc3ccccc3)C(=O)N21. The van der Waals surface area contributed by atoms with Crippen molar-refractivity contribution in [1.29, 1.82) is 0 Å². The lowest BCUT2D eigenvalue weighted by atomic mass is 10.1. The first-order chi connectivity index (χ1) is 12.5. The first kappa shape index (κ1) is 18.2. The summed E-state index contributed by atoms with van der Waals surface area (Å²) < 4.78 is 0. The topological polar surface area (TPSA) is 73.0 Å². The van der Waals surface area contributed by atoms with Crippen LogP contribution in [-0.4, -0.2) is 77.9 Å².